The van der Waals surface area contributed by atoms with Gasteiger partial charge in [-0.05, 0) is 44.1 Å². The summed E-state index contributed by atoms with van der Waals surface area (Å²) >= 11 is 0. The molecule has 1 nitrogen and oxygen atoms in total. The third-order valence-corrected chi connectivity index (χ3v) is 5.49. The maximum atomic E-state index is 2.59. The summed E-state index contributed by atoms with van der Waals surface area (Å²) in [6, 6.07) is 0.846. The van der Waals surface area contributed by atoms with Crippen LogP contribution in [0.15, 0.2) is 0 Å². The number of rotatable bonds is 1. The molecule has 3 rings (SSSR count). The monoisotopic (exact) mass is 207 g/mol. The molecule has 86 valence electrons. The van der Waals surface area contributed by atoms with Crippen LogP contribution in [0, 0.1) is 17.3 Å². The number of hydrogen-bond acceptors (Lipinski definition) is 1. The molecule has 0 amide bonds. The molecule has 1 saturated heterocycles. The van der Waals surface area contributed by atoms with E-state index in [9.17, 15) is 0 Å². The standard InChI is InChI=1S/C14H25N/c1-11-8-14(10-15(11)2)9-13(14)12-6-4-3-5-7-12/h11-13H,3-10H2,1-2H3/t11?,13?,14-/m1/s1. The molecule has 3 atom stereocenters. The number of hydrogen-bond donors (Lipinski definition) is 0. The van der Waals surface area contributed by atoms with Crippen LogP contribution < -0.4 is 0 Å². The summed E-state index contributed by atoms with van der Waals surface area (Å²) in [5, 5.41) is 0. The number of likely N-dealkylation sites (tertiary alicyclic amines) is 1. The molecular weight excluding hydrogens is 182 g/mol. The van der Waals surface area contributed by atoms with Gasteiger partial charge in [-0.25, -0.2) is 0 Å². The minimum absolute atomic E-state index is 0.788. The van der Waals surface area contributed by atoms with Crippen molar-refractivity contribution in [1.29, 1.82) is 0 Å². The average molecular weight is 207 g/mol. The lowest BCUT2D eigenvalue weighted by Crippen LogP contribution is -2.22. The topological polar surface area (TPSA) is 3.24 Å². The molecule has 1 aliphatic heterocycles. The van der Waals surface area contributed by atoms with Gasteiger partial charge in [-0.2, -0.15) is 0 Å². The second-order valence-electron chi connectivity index (χ2n) is 6.54. The highest BCUT2D eigenvalue weighted by Crippen LogP contribution is 2.64. The predicted molar refractivity (Wildman–Crippen MR) is 63.8 cm³/mol. The third kappa shape index (κ3) is 1.63. The van der Waals surface area contributed by atoms with Crippen LogP contribution in [-0.4, -0.2) is 24.5 Å². The highest BCUT2D eigenvalue weighted by atomic mass is 15.2. The molecule has 0 aromatic carbocycles. The van der Waals surface area contributed by atoms with Gasteiger partial charge >= 0.3 is 0 Å². The van der Waals surface area contributed by atoms with Crippen molar-refractivity contribution in [1.82, 2.24) is 4.90 Å². The highest BCUT2D eigenvalue weighted by Gasteiger charge is 2.60. The normalized spacial score (nSPS) is 47.6. The molecule has 3 aliphatic rings. The van der Waals surface area contributed by atoms with E-state index >= 15 is 0 Å². The predicted octanol–water partition coefficient (Wildman–Crippen LogP) is 3.30. The van der Waals surface area contributed by atoms with E-state index in [0.717, 1.165) is 23.3 Å². The second-order valence-corrected chi connectivity index (χ2v) is 6.54. The molecule has 0 radical (unpaired) electrons. The van der Waals surface area contributed by atoms with Gasteiger partial charge in [0.15, 0.2) is 0 Å². The lowest BCUT2D eigenvalue weighted by molar-refractivity contribution is 0.272. The van der Waals surface area contributed by atoms with Gasteiger partial charge in [0, 0.05) is 12.6 Å². The molecule has 3 fully saturated rings. The summed E-state index contributed by atoms with van der Waals surface area (Å²) in [5.41, 5.74) is 0.788. The fourth-order valence-corrected chi connectivity index (χ4v) is 4.46. The molecule has 2 unspecified atom stereocenters. The molecule has 0 aromatic heterocycles. The van der Waals surface area contributed by atoms with E-state index in [-0.39, 0.29) is 0 Å². The van der Waals surface area contributed by atoms with Gasteiger partial charge in [0.1, 0.15) is 0 Å². The van der Waals surface area contributed by atoms with Gasteiger partial charge in [0.05, 0.1) is 0 Å². The van der Waals surface area contributed by atoms with E-state index in [0.29, 0.717) is 0 Å². The summed E-state index contributed by atoms with van der Waals surface area (Å²) in [6.07, 6.45) is 10.7. The Labute approximate surface area is 94.2 Å². The van der Waals surface area contributed by atoms with E-state index in [2.05, 4.69) is 18.9 Å². The van der Waals surface area contributed by atoms with Crippen LogP contribution in [-0.2, 0) is 0 Å². The van der Waals surface area contributed by atoms with E-state index in [1.807, 2.05) is 0 Å². The summed E-state index contributed by atoms with van der Waals surface area (Å²) < 4.78 is 0. The van der Waals surface area contributed by atoms with Crippen molar-refractivity contribution in [3.8, 4) is 0 Å². The molecule has 1 heteroatoms. The van der Waals surface area contributed by atoms with Gasteiger partial charge in [0.2, 0.25) is 0 Å². The molecule has 0 aromatic rings. The Balaban J connectivity index is 1.63. The van der Waals surface area contributed by atoms with E-state index < -0.39 is 0 Å². The van der Waals surface area contributed by atoms with Crippen molar-refractivity contribution in [2.75, 3.05) is 13.6 Å². The van der Waals surface area contributed by atoms with Crippen LogP contribution in [0.25, 0.3) is 0 Å². The van der Waals surface area contributed by atoms with Crippen molar-refractivity contribution in [3.63, 3.8) is 0 Å². The minimum atomic E-state index is 0.788. The summed E-state index contributed by atoms with van der Waals surface area (Å²) in [5.74, 6) is 2.22. The lowest BCUT2D eigenvalue weighted by Gasteiger charge is -2.23. The molecule has 2 aliphatic carbocycles. The largest absolute Gasteiger partial charge is 0.303 e. The Hall–Kier alpha value is -0.0400. The maximum Gasteiger partial charge on any atom is 0.00699 e. The van der Waals surface area contributed by atoms with Crippen LogP contribution in [0.2, 0.25) is 0 Å². The average Bonchev–Trinajstić information content (AvgIpc) is 2.85. The van der Waals surface area contributed by atoms with Crippen LogP contribution in [0.3, 0.4) is 0 Å². The highest BCUT2D eigenvalue weighted by molar-refractivity contribution is 5.11. The summed E-state index contributed by atoms with van der Waals surface area (Å²) in [4.78, 5) is 2.59. The Bertz CT molecular complexity index is 232. The first-order valence-electron chi connectivity index (χ1n) is 6.91. The van der Waals surface area contributed by atoms with Gasteiger partial charge in [0.25, 0.3) is 0 Å². The molecular formula is C14H25N. The first kappa shape index (κ1) is 10.1. The summed E-state index contributed by atoms with van der Waals surface area (Å²) in [6.45, 7) is 3.81. The lowest BCUT2D eigenvalue weighted by atomic mass is 9.82. The van der Waals surface area contributed by atoms with Crippen LogP contribution in [0.5, 0.6) is 0 Å². The van der Waals surface area contributed by atoms with E-state index in [1.54, 1.807) is 19.3 Å². The van der Waals surface area contributed by atoms with Crippen molar-refractivity contribution in [3.05, 3.63) is 0 Å². The van der Waals surface area contributed by atoms with Gasteiger partial charge in [-0.15, -0.1) is 0 Å². The van der Waals surface area contributed by atoms with Gasteiger partial charge in [-0.3, -0.25) is 0 Å². The molecule has 15 heavy (non-hydrogen) atoms. The number of nitrogens with zero attached hydrogens (tertiary/aromatic N) is 1. The summed E-state index contributed by atoms with van der Waals surface area (Å²) in [7, 11) is 2.32. The first-order chi connectivity index (χ1) is 7.21. The first-order valence-corrected chi connectivity index (χ1v) is 6.91. The zero-order valence-corrected chi connectivity index (χ0v) is 10.3. The fourth-order valence-electron chi connectivity index (χ4n) is 4.46. The van der Waals surface area contributed by atoms with Crippen molar-refractivity contribution < 1.29 is 0 Å². The molecule has 1 heterocycles. The maximum absolute atomic E-state index is 2.59. The zero-order valence-electron chi connectivity index (χ0n) is 10.3. The smallest absolute Gasteiger partial charge is 0.00699 e. The van der Waals surface area contributed by atoms with Crippen LogP contribution in [0.1, 0.15) is 51.9 Å². The van der Waals surface area contributed by atoms with Crippen molar-refractivity contribution in [2.45, 2.75) is 57.9 Å². The Morgan fingerprint density at radius 1 is 1.07 bits per heavy atom. The van der Waals surface area contributed by atoms with E-state index in [1.165, 1.54) is 32.2 Å². The molecule has 0 N–H and O–H groups in total. The van der Waals surface area contributed by atoms with Crippen molar-refractivity contribution >= 4 is 0 Å². The second kappa shape index (κ2) is 3.48. The van der Waals surface area contributed by atoms with Crippen molar-refractivity contribution in [2.24, 2.45) is 17.3 Å². The fraction of sp³-hybridized carbons (Fsp3) is 1.00. The van der Waals surface area contributed by atoms with Gasteiger partial charge < -0.3 is 4.90 Å². The third-order valence-electron chi connectivity index (χ3n) is 5.49. The van der Waals surface area contributed by atoms with Crippen LogP contribution in [0.4, 0.5) is 0 Å². The quantitative estimate of drug-likeness (QED) is 0.637. The SMILES string of the molecule is CC1C[C@@]2(CC2C2CCCCC2)CN1C. The Morgan fingerprint density at radius 2 is 1.80 bits per heavy atom. The molecule has 1 spiro atoms. The Kier molecular flexibility index (Phi) is 2.35. The zero-order chi connectivity index (χ0) is 10.5. The van der Waals surface area contributed by atoms with Gasteiger partial charge in [-0.1, -0.05) is 32.1 Å². The minimum Gasteiger partial charge on any atom is -0.303 e. The Morgan fingerprint density at radius 3 is 2.40 bits per heavy atom. The van der Waals surface area contributed by atoms with E-state index in [4.69, 9.17) is 0 Å². The van der Waals surface area contributed by atoms with Crippen LogP contribution >= 0.6 is 0 Å². The molecule has 2 saturated carbocycles. The molecule has 0 bridgehead atoms.